The third kappa shape index (κ3) is 4.07. The lowest BCUT2D eigenvalue weighted by atomic mass is 10.2. The zero-order valence-electron chi connectivity index (χ0n) is 16.4. The number of rotatable bonds is 7. The third-order valence-electron chi connectivity index (χ3n) is 4.33. The Bertz CT molecular complexity index is 1050. The van der Waals surface area contributed by atoms with Gasteiger partial charge in [-0.1, -0.05) is 11.8 Å². The van der Waals surface area contributed by atoms with Gasteiger partial charge in [0.05, 0.1) is 18.1 Å². The molecule has 4 rings (SSSR count). The highest BCUT2D eigenvalue weighted by Crippen LogP contribution is 2.32. The third-order valence-corrected chi connectivity index (χ3v) is 4.88. The van der Waals surface area contributed by atoms with E-state index in [1.165, 1.54) is 11.8 Å². The fourth-order valence-electron chi connectivity index (χ4n) is 2.99. The second kappa shape index (κ2) is 8.16. The van der Waals surface area contributed by atoms with E-state index in [2.05, 4.69) is 39.5 Å². The number of thioether (sulfide) groups is 1. The predicted octanol–water partition coefficient (Wildman–Crippen LogP) is 2.53. The van der Waals surface area contributed by atoms with Crippen LogP contribution in [0.4, 0.5) is 5.82 Å². The predicted molar refractivity (Wildman–Crippen MR) is 111 cm³/mol. The molecule has 0 saturated carbocycles. The van der Waals surface area contributed by atoms with Gasteiger partial charge >= 0.3 is 0 Å². The molecule has 1 amide bonds. The number of amides is 1. The van der Waals surface area contributed by atoms with Crippen LogP contribution in [-0.4, -0.2) is 51.3 Å². The van der Waals surface area contributed by atoms with Gasteiger partial charge in [0.15, 0.2) is 22.3 Å². The molecule has 10 heteroatoms. The molecule has 0 saturated heterocycles. The van der Waals surface area contributed by atoms with Crippen molar-refractivity contribution >= 4 is 34.5 Å². The van der Waals surface area contributed by atoms with Crippen molar-refractivity contribution in [3.63, 3.8) is 0 Å². The normalized spacial score (nSPS) is 12.6. The molecule has 1 aromatic carbocycles. The van der Waals surface area contributed by atoms with Crippen molar-refractivity contribution in [3.8, 4) is 11.5 Å². The van der Waals surface area contributed by atoms with Gasteiger partial charge in [-0.15, -0.1) is 0 Å². The number of ether oxygens (including phenoxy) is 2. The minimum absolute atomic E-state index is 0.179. The van der Waals surface area contributed by atoms with Gasteiger partial charge in [0.25, 0.3) is 5.91 Å². The Labute approximate surface area is 172 Å². The van der Waals surface area contributed by atoms with E-state index in [-0.39, 0.29) is 18.7 Å². The minimum Gasteiger partial charge on any atom is -0.454 e. The molecular weight excluding hydrogens is 392 g/mol. The summed E-state index contributed by atoms with van der Waals surface area (Å²) in [5.41, 5.74) is 1.26. The summed E-state index contributed by atoms with van der Waals surface area (Å²) in [5.74, 6) is 1.83. The largest absolute Gasteiger partial charge is 0.454 e. The lowest BCUT2D eigenvalue weighted by Gasteiger charge is -2.11. The van der Waals surface area contributed by atoms with E-state index in [0.717, 1.165) is 16.9 Å². The van der Waals surface area contributed by atoms with Crippen molar-refractivity contribution in [2.24, 2.45) is 0 Å². The highest BCUT2D eigenvalue weighted by Gasteiger charge is 2.17. The highest BCUT2D eigenvalue weighted by atomic mass is 32.2. The van der Waals surface area contributed by atoms with Crippen LogP contribution in [0, 0.1) is 0 Å². The van der Waals surface area contributed by atoms with Crippen LogP contribution in [0.1, 0.15) is 24.2 Å². The van der Waals surface area contributed by atoms with Gasteiger partial charge < -0.3 is 20.1 Å². The number of carbonyl (C=O) groups is 1. The van der Waals surface area contributed by atoms with Gasteiger partial charge in [0.2, 0.25) is 6.79 Å². The highest BCUT2D eigenvalue weighted by molar-refractivity contribution is 7.98. The summed E-state index contributed by atoms with van der Waals surface area (Å²) in [5, 5.41) is 12.2. The standard InChI is InChI=1S/C19H22N6O3S/c1-11(2)22-16-13-9-21-25(17(13)24-19(23-16)29-3)7-6-20-18(26)12-4-5-14-15(8-12)28-10-27-14/h4-5,8-9,11H,6-7,10H2,1-3H3,(H,20,26)(H,22,23,24). The number of hydrogen-bond acceptors (Lipinski definition) is 8. The summed E-state index contributed by atoms with van der Waals surface area (Å²) in [6.45, 7) is 5.20. The summed E-state index contributed by atoms with van der Waals surface area (Å²) in [4.78, 5) is 21.6. The lowest BCUT2D eigenvalue weighted by Crippen LogP contribution is -2.27. The number of anilines is 1. The summed E-state index contributed by atoms with van der Waals surface area (Å²) in [6.07, 6.45) is 3.69. The fraction of sp³-hybridized carbons (Fsp3) is 0.368. The number of nitrogens with one attached hydrogen (secondary N) is 2. The van der Waals surface area contributed by atoms with E-state index in [4.69, 9.17) is 9.47 Å². The number of carbonyl (C=O) groups excluding carboxylic acids is 1. The summed E-state index contributed by atoms with van der Waals surface area (Å²) in [7, 11) is 0. The molecule has 1 aliphatic heterocycles. The molecule has 0 unspecified atom stereocenters. The van der Waals surface area contributed by atoms with Gasteiger partial charge in [-0.3, -0.25) is 4.79 Å². The van der Waals surface area contributed by atoms with Crippen LogP contribution in [0.25, 0.3) is 11.0 Å². The van der Waals surface area contributed by atoms with Crippen LogP contribution in [0.3, 0.4) is 0 Å². The monoisotopic (exact) mass is 414 g/mol. The Morgan fingerprint density at radius 2 is 2.10 bits per heavy atom. The first-order chi connectivity index (χ1) is 14.0. The first-order valence-electron chi connectivity index (χ1n) is 9.27. The first kappa shape index (κ1) is 19.3. The molecule has 0 atom stereocenters. The van der Waals surface area contributed by atoms with Gasteiger partial charge in [0, 0.05) is 18.2 Å². The SMILES string of the molecule is CSc1nc(NC(C)C)c2cnn(CCNC(=O)c3ccc4c(c3)OCO4)c2n1. The molecule has 9 nitrogen and oxygen atoms in total. The number of aromatic nitrogens is 4. The van der Waals surface area contributed by atoms with E-state index < -0.39 is 0 Å². The van der Waals surface area contributed by atoms with E-state index >= 15 is 0 Å². The van der Waals surface area contributed by atoms with E-state index in [1.54, 1.807) is 29.1 Å². The molecule has 1 aliphatic rings. The Balaban J connectivity index is 1.46. The number of hydrogen-bond donors (Lipinski definition) is 2. The average Bonchev–Trinajstić information content (AvgIpc) is 3.33. The molecule has 0 aliphatic carbocycles. The first-order valence-corrected chi connectivity index (χ1v) is 10.5. The topological polar surface area (TPSA) is 103 Å². The Hall–Kier alpha value is -3.01. The molecule has 3 heterocycles. The van der Waals surface area contributed by atoms with Gasteiger partial charge in [-0.2, -0.15) is 5.10 Å². The van der Waals surface area contributed by atoms with E-state index in [9.17, 15) is 4.79 Å². The van der Waals surface area contributed by atoms with Gasteiger partial charge in [0.1, 0.15) is 5.82 Å². The minimum atomic E-state index is -0.179. The van der Waals surface area contributed by atoms with Crippen LogP contribution in [-0.2, 0) is 6.54 Å². The van der Waals surface area contributed by atoms with Crippen LogP contribution < -0.4 is 20.1 Å². The molecule has 3 aromatic rings. The van der Waals surface area contributed by atoms with Crippen LogP contribution in [0.5, 0.6) is 11.5 Å². The average molecular weight is 414 g/mol. The molecule has 2 N–H and O–H groups in total. The Kier molecular flexibility index (Phi) is 5.43. The molecule has 2 aromatic heterocycles. The maximum Gasteiger partial charge on any atom is 0.251 e. The smallest absolute Gasteiger partial charge is 0.251 e. The zero-order chi connectivity index (χ0) is 20.4. The van der Waals surface area contributed by atoms with Crippen molar-refractivity contribution in [3.05, 3.63) is 30.0 Å². The molecule has 0 spiro atoms. The summed E-state index contributed by atoms with van der Waals surface area (Å²) in [6, 6.07) is 5.38. The Morgan fingerprint density at radius 3 is 2.90 bits per heavy atom. The van der Waals surface area contributed by atoms with Gasteiger partial charge in [-0.25, -0.2) is 14.6 Å². The van der Waals surface area contributed by atoms with Crippen LogP contribution in [0.15, 0.2) is 29.6 Å². The van der Waals surface area contributed by atoms with Crippen molar-refractivity contribution in [1.82, 2.24) is 25.1 Å². The van der Waals surface area contributed by atoms with Crippen molar-refractivity contribution < 1.29 is 14.3 Å². The maximum atomic E-state index is 12.4. The van der Waals surface area contributed by atoms with Gasteiger partial charge in [-0.05, 0) is 38.3 Å². The Morgan fingerprint density at radius 1 is 1.28 bits per heavy atom. The van der Waals surface area contributed by atoms with Crippen molar-refractivity contribution in [1.29, 1.82) is 0 Å². The van der Waals surface area contributed by atoms with Crippen molar-refractivity contribution in [2.75, 3.05) is 24.9 Å². The maximum absolute atomic E-state index is 12.4. The molecule has 0 bridgehead atoms. The fourth-order valence-corrected chi connectivity index (χ4v) is 3.35. The molecule has 0 fully saturated rings. The molecular formula is C19H22N6O3S. The number of nitrogens with zero attached hydrogens (tertiary/aromatic N) is 4. The quantitative estimate of drug-likeness (QED) is 0.449. The summed E-state index contributed by atoms with van der Waals surface area (Å²) >= 11 is 1.48. The second-order valence-electron chi connectivity index (χ2n) is 6.79. The number of fused-ring (bicyclic) bond motifs is 2. The molecule has 0 radical (unpaired) electrons. The lowest BCUT2D eigenvalue weighted by molar-refractivity contribution is 0.0951. The molecule has 29 heavy (non-hydrogen) atoms. The number of benzene rings is 1. The molecule has 152 valence electrons. The van der Waals surface area contributed by atoms with Crippen LogP contribution >= 0.6 is 11.8 Å². The van der Waals surface area contributed by atoms with Crippen LogP contribution in [0.2, 0.25) is 0 Å². The van der Waals surface area contributed by atoms with E-state index in [1.807, 2.05) is 6.26 Å². The summed E-state index contributed by atoms with van der Waals surface area (Å²) < 4.78 is 12.4. The van der Waals surface area contributed by atoms with E-state index in [0.29, 0.717) is 35.3 Å². The zero-order valence-corrected chi connectivity index (χ0v) is 17.2. The second-order valence-corrected chi connectivity index (χ2v) is 7.56. The van der Waals surface area contributed by atoms with Crippen molar-refractivity contribution in [2.45, 2.75) is 31.6 Å².